The summed E-state index contributed by atoms with van der Waals surface area (Å²) in [6, 6.07) is 0. The predicted octanol–water partition coefficient (Wildman–Crippen LogP) is 3.01. The second-order valence-corrected chi connectivity index (χ2v) is 5.00. The minimum atomic E-state index is -0.415. The minimum Gasteiger partial charge on any atom is -0.356 e. The molecule has 0 aromatic carbocycles. The summed E-state index contributed by atoms with van der Waals surface area (Å²) in [7, 11) is 0. The van der Waals surface area contributed by atoms with E-state index in [-0.39, 0.29) is 16.3 Å². The fourth-order valence-corrected chi connectivity index (χ4v) is 2.36. The Labute approximate surface area is 111 Å². The topological polar surface area (TPSA) is 44.1 Å². The van der Waals surface area contributed by atoms with Crippen molar-refractivity contribution in [3.05, 3.63) is 25.0 Å². The standard InChI is InChI=1S/C9H9BrCl2N2O2/c10-8-6(11)7(12)9(15)14(13-8)5-3-1-2-4-16-5/h5H,1-4H2. The summed E-state index contributed by atoms with van der Waals surface area (Å²) in [5.41, 5.74) is -0.415. The van der Waals surface area contributed by atoms with Crippen molar-refractivity contribution in [3.8, 4) is 0 Å². The number of rotatable bonds is 1. The van der Waals surface area contributed by atoms with Crippen LogP contribution >= 0.6 is 39.1 Å². The van der Waals surface area contributed by atoms with Crippen LogP contribution in [0.3, 0.4) is 0 Å². The van der Waals surface area contributed by atoms with Crippen molar-refractivity contribution in [2.45, 2.75) is 25.5 Å². The molecule has 0 N–H and O–H groups in total. The zero-order valence-corrected chi connectivity index (χ0v) is 11.3. The van der Waals surface area contributed by atoms with Crippen molar-refractivity contribution in [1.82, 2.24) is 9.78 Å². The van der Waals surface area contributed by atoms with Crippen LogP contribution in [0.15, 0.2) is 9.40 Å². The van der Waals surface area contributed by atoms with Gasteiger partial charge in [0.15, 0.2) is 6.23 Å². The molecule has 1 saturated heterocycles. The number of hydrogen-bond acceptors (Lipinski definition) is 3. The fraction of sp³-hybridized carbons (Fsp3) is 0.556. The first kappa shape index (κ1) is 12.4. The van der Waals surface area contributed by atoms with Gasteiger partial charge < -0.3 is 4.74 Å². The Kier molecular flexibility index (Phi) is 3.89. The van der Waals surface area contributed by atoms with Gasteiger partial charge >= 0.3 is 0 Å². The first-order chi connectivity index (χ1) is 7.61. The summed E-state index contributed by atoms with van der Waals surface area (Å²) >= 11 is 14.8. The van der Waals surface area contributed by atoms with Gasteiger partial charge in [-0.3, -0.25) is 4.79 Å². The zero-order valence-electron chi connectivity index (χ0n) is 8.25. The molecule has 1 aromatic rings. The summed E-state index contributed by atoms with van der Waals surface area (Å²) in [5.74, 6) is 0. The highest BCUT2D eigenvalue weighted by Crippen LogP contribution is 2.27. The summed E-state index contributed by atoms with van der Waals surface area (Å²) in [6.07, 6.45) is 2.44. The Balaban J connectivity index is 2.44. The Morgan fingerprint density at radius 1 is 1.38 bits per heavy atom. The number of nitrogens with zero attached hydrogens (tertiary/aromatic N) is 2. The van der Waals surface area contributed by atoms with Crippen molar-refractivity contribution in [1.29, 1.82) is 0 Å². The van der Waals surface area contributed by atoms with Gasteiger partial charge in [0.2, 0.25) is 0 Å². The van der Waals surface area contributed by atoms with E-state index in [1.165, 1.54) is 4.68 Å². The maximum atomic E-state index is 11.8. The van der Waals surface area contributed by atoms with Crippen molar-refractivity contribution >= 4 is 39.1 Å². The van der Waals surface area contributed by atoms with Gasteiger partial charge in [0.25, 0.3) is 5.56 Å². The molecular weight excluding hydrogens is 319 g/mol. The van der Waals surface area contributed by atoms with Crippen LogP contribution in [0.4, 0.5) is 0 Å². The van der Waals surface area contributed by atoms with E-state index in [0.717, 1.165) is 19.3 Å². The molecule has 2 heterocycles. The third-order valence-corrected chi connectivity index (χ3v) is 3.99. The Hall–Kier alpha value is -0.100. The van der Waals surface area contributed by atoms with Crippen LogP contribution in [0, 0.1) is 0 Å². The van der Waals surface area contributed by atoms with Gasteiger partial charge in [-0.15, -0.1) is 0 Å². The second-order valence-electron chi connectivity index (χ2n) is 3.49. The molecule has 88 valence electrons. The van der Waals surface area contributed by atoms with E-state index < -0.39 is 5.56 Å². The Bertz CT molecular complexity index is 458. The van der Waals surface area contributed by atoms with Crippen LogP contribution in [0.2, 0.25) is 10.0 Å². The first-order valence-electron chi connectivity index (χ1n) is 4.86. The highest BCUT2D eigenvalue weighted by Gasteiger charge is 2.21. The first-order valence-corrected chi connectivity index (χ1v) is 6.41. The smallest absolute Gasteiger partial charge is 0.289 e. The number of ether oxygens (including phenoxy) is 1. The molecule has 0 saturated carbocycles. The molecule has 1 aromatic heterocycles. The molecule has 0 aliphatic carbocycles. The van der Waals surface area contributed by atoms with Crippen LogP contribution < -0.4 is 5.56 Å². The summed E-state index contributed by atoms with van der Waals surface area (Å²) in [5, 5.41) is 4.14. The molecule has 1 fully saturated rings. The monoisotopic (exact) mass is 326 g/mol. The molecular formula is C9H9BrCl2N2O2. The summed E-state index contributed by atoms with van der Waals surface area (Å²) in [4.78, 5) is 11.8. The van der Waals surface area contributed by atoms with Crippen LogP contribution in [0.25, 0.3) is 0 Å². The summed E-state index contributed by atoms with van der Waals surface area (Å²) < 4.78 is 7.07. The molecule has 1 aliphatic rings. The van der Waals surface area contributed by atoms with Crippen LogP contribution in [-0.4, -0.2) is 16.4 Å². The molecule has 0 spiro atoms. The average Bonchev–Trinajstić information content (AvgIpc) is 2.32. The lowest BCUT2D eigenvalue weighted by Gasteiger charge is -2.23. The third kappa shape index (κ3) is 2.27. The van der Waals surface area contributed by atoms with Crippen molar-refractivity contribution in [2.24, 2.45) is 0 Å². The lowest BCUT2D eigenvalue weighted by Crippen LogP contribution is -2.31. The SMILES string of the molecule is O=c1c(Cl)c(Cl)c(Br)nn1C1CCCCO1. The van der Waals surface area contributed by atoms with Gasteiger partial charge in [-0.2, -0.15) is 9.78 Å². The van der Waals surface area contributed by atoms with Crippen molar-refractivity contribution in [3.63, 3.8) is 0 Å². The molecule has 2 rings (SSSR count). The van der Waals surface area contributed by atoms with Gasteiger partial charge in [-0.05, 0) is 35.2 Å². The molecule has 0 radical (unpaired) electrons. The maximum Gasteiger partial charge on any atom is 0.289 e. The lowest BCUT2D eigenvalue weighted by molar-refractivity contribution is -0.0427. The van der Waals surface area contributed by atoms with E-state index in [2.05, 4.69) is 21.0 Å². The molecule has 1 unspecified atom stereocenters. The van der Waals surface area contributed by atoms with Gasteiger partial charge in [0.05, 0.1) is 5.02 Å². The molecule has 7 heteroatoms. The van der Waals surface area contributed by atoms with E-state index in [9.17, 15) is 4.79 Å². The van der Waals surface area contributed by atoms with Gasteiger partial charge in [0, 0.05) is 6.61 Å². The van der Waals surface area contributed by atoms with Gasteiger partial charge in [0.1, 0.15) is 9.63 Å². The van der Waals surface area contributed by atoms with Crippen LogP contribution in [0.5, 0.6) is 0 Å². The molecule has 16 heavy (non-hydrogen) atoms. The maximum absolute atomic E-state index is 11.8. The highest BCUT2D eigenvalue weighted by atomic mass is 79.9. The average molecular weight is 328 g/mol. The predicted molar refractivity (Wildman–Crippen MR) is 65.1 cm³/mol. The third-order valence-electron chi connectivity index (χ3n) is 2.39. The van der Waals surface area contributed by atoms with Gasteiger partial charge in [-0.25, -0.2) is 0 Å². The highest BCUT2D eigenvalue weighted by molar-refractivity contribution is 9.10. The van der Waals surface area contributed by atoms with E-state index in [4.69, 9.17) is 27.9 Å². The minimum absolute atomic E-state index is 0.0299. The number of halogens is 3. The second kappa shape index (κ2) is 5.04. The molecule has 4 nitrogen and oxygen atoms in total. The van der Waals surface area contributed by atoms with E-state index in [1.807, 2.05) is 0 Å². The molecule has 0 bridgehead atoms. The number of aromatic nitrogens is 2. The number of hydrogen-bond donors (Lipinski definition) is 0. The molecule has 0 amide bonds. The van der Waals surface area contributed by atoms with E-state index >= 15 is 0 Å². The Morgan fingerprint density at radius 3 is 2.75 bits per heavy atom. The Morgan fingerprint density at radius 2 is 2.12 bits per heavy atom. The van der Waals surface area contributed by atoms with Crippen LogP contribution in [-0.2, 0) is 4.74 Å². The zero-order chi connectivity index (χ0) is 11.7. The quantitative estimate of drug-likeness (QED) is 0.796. The van der Waals surface area contributed by atoms with Crippen LogP contribution in [0.1, 0.15) is 25.5 Å². The van der Waals surface area contributed by atoms with Crippen molar-refractivity contribution in [2.75, 3.05) is 6.61 Å². The fourth-order valence-electron chi connectivity index (χ4n) is 1.58. The molecule has 1 atom stereocenters. The summed E-state index contributed by atoms with van der Waals surface area (Å²) in [6.45, 7) is 0.636. The lowest BCUT2D eigenvalue weighted by atomic mass is 10.2. The van der Waals surface area contributed by atoms with Crippen molar-refractivity contribution < 1.29 is 4.74 Å². The van der Waals surface area contributed by atoms with E-state index in [0.29, 0.717) is 11.2 Å². The van der Waals surface area contributed by atoms with E-state index in [1.54, 1.807) is 0 Å². The molecule has 1 aliphatic heterocycles. The largest absolute Gasteiger partial charge is 0.356 e. The van der Waals surface area contributed by atoms with Gasteiger partial charge in [-0.1, -0.05) is 23.2 Å². The normalized spacial score (nSPS) is 21.1.